The second-order valence-electron chi connectivity index (χ2n) is 5.64. The van der Waals surface area contributed by atoms with Crippen LogP contribution in [0.1, 0.15) is 23.7 Å². The summed E-state index contributed by atoms with van der Waals surface area (Å²) in [7, 11) is -3.20. The molecule has 24 heavy (non-hydrogen) atoms. The Morgan fingerprint density at radius 1 is 1.33 bits per heavy atom. The number of thiophene rings is 1. The van der Waals surface area contributed by atoms with Crippen molar-refractivity contribution in [3.05, 3.63) is 42.0 Å². The first kappa shape index (κ1) is 17.1. The fraction of sp³-hybridized carbons (Fsp3) is 0.353. The molecule has 2 aromatic rings. The van der Waals surface area contributed by atoms with Crippen molar-refractivity contribution in [1.29, 1.82) is 0 Å². The second kappa shape index (κ2) is 7.04. The molecule has 1 aliphatic heterocycles. The maximum absolute atomic E-state index is 12.3. The van der Waals surface area contributed by atoms with Gasteiger partial charge in [0.25, 0.3) is 5.91 Å². The lowest BCUT2D eigenvalue weighted by atomic mass is 10.1. The molecule has 1 atom stereocenters. The van der Waals surface area contributed by atoms with Gasteiger partial charge in [-0.1, -0.05) is 19.1 Å². The van der Waals surface area contributed by atoms with Gasteiger partial charge < -0.3 is 10.1 Å². The van der Waals surface area contributed by atoms with Crippen molar-refractivity contribution in [1.82, 2.24) is 5.32 Å². The van der Waals surface area contributed by atoms with Gasteiger partial charge in [-0.3, -0.25) is 4.79 Å². The van der Waals surface area contributed by atoms with Gasteiger partial charge in [-0.05, 0) is 36.2 Å². The van der Waals surface area contributed by atoms with E-state index >= 15 is 0 Å². The van der Waals surface area contributed by atoms with Gasteiger partial charge in [0.15, 0.2) is 9.84 Å². The van der Waals surface area contributed by atoms with Gasteiger partial charge in [0.05, 0.1) is 18.4 Å². The predicted octanol–water partition coefficient (Wildman–Crippen LogP) is 2.73. The first-order chi connectivity index (χ1) is 11.5. The van der Waals surface area contributed by atoms with E-state index in [-0.39, 0.29) is 17.7 Å². The van der Waals surface area contributed by atoms with E-state index in [1.165, 1.54) is 11.3 Å². The number of hydrogen-bond acceptors (Lipinski definition) is 5. The van der Waals surface area contributed by atoms with Crippen LogP contribution in [-0.2, 0) is 14.6 Å². The molecule has 3 rings (SSSR count). The van der Waals surface area contributed by atoms with E-state index in [4.69, 9.17) is 4.74 Å². The molecular formula is C17H19NO4S2. The highest BCUT2D eigenvalue weighted by Gasteiger charge is 2.19. The number of carbonyl (C=O) groups excluding carboxylic acids is 1. The van der Waals surface area contributed by atoms with Crippen molar-refractivity contribution in [2.45, 2.75) is 23.6 Å². The van der Waals surface area contributed by atoms with Crippen LogP contribution in [0.3, 0.4) is 0 Å². The Labute approximate surface area is 145 Å². The smallest absolute Gasteiger partial charge is 0.251 e. The number of sulfone groups is 1. The molecule has 0 aliphatic carbocycles. The van der Waals surface area contributed by atoms with Gasteiger partial charge in [0, 0.05) is 17.0 Å². The molecule has 2 heterocycles. The summed E-state index contributed by atoms with van der Waals surface area (Å²) in [5, 5.41) is 2.96. The van der Waals surface area contributed by atoms with Crippen LogP contribution in [0.25, 0.3) is 10.4 Å². The second-order valence-corrected chi connectivity index (χ2v) is 9.23. The molecule has 0 saturated carbocycles. The van der Waals surface area contributed by atoms with Crippen LogP contribution < -0.4 is 5.32 Å². The topological polar surface area (TPSA) is 72.5 Å². The summed E-state index contributed by atoms with van der Waals surface area (Å²) < 4.78 is 29.5. The zero-order valence-electron chi connectivity index (χ0n) is 13.3. The molecule has 1 saturated heterocycles. The van der Waals surface area contributed by atoms with Gasteiger partial charge in [-0.15, -0.1) is 11.3 Å². The summed E-state index contributed by atoms with van der Waals surface area (Å²) >= 11 is 1.23. The number of nitrogens with one attached hydrogen (secondary N) is 1. The third-order valence-corrected chi connectivity index (χ3v) is 7.39. The SMILES string of the molecule is CCS(=O)(=O)c1ccc(-c2cccc(C(=O)NC3CCOC3)c2)s1. The first-order valence-electron chi connectivity index (χ1n) is 7.81. The van der Waals surface area contributed by atoms with Crippen molar-refractivity contribution in [3.63, 3.8) is 0 Å². The van der Waals surface area contributed by atoms with E-state index in [1.807, 2.05) is 12.1 Å². The van der Waals surface area contributed by atoms with E-state index < -0.39 is 9.84 Å². The molecule has 1 aliphatic rings. The average Bonchev–Trinajstić information content (AvgIpc) is 3.27. The van der Waals surface area contributed by atoms with Gasteiger partial charge in [-0.25, -0.2) is 8.42 Å². The molecule has 1 N–H and O–H groups in total. The Hall–Kier alpha value is -1.70. The highest BCUT2D eigenvalue weighted by Crippen LogP contribution is 2.31. The monoisotopic (exact) mass is 365 g/mol. The molecule has 1 aromatic carbocycles. The Morgan fingerprint density at radius 3 is 2.88 bits per heavy atom. The molecule has 128 valence electrons. The molecule has 5 nitrogen and oxygen atoms in total. The molecule has 7 heteroatoms. The van der Waals surface area contributed by atoms with E-state index in [0.717, 1.165) is 16.9 Å². The van der Waals surface area contributed by atoms with Crippen LogP contribution in [0.4, 0.5) is 0 Å². The van der Waals surface area contributed by atoms with Gasteiger partial charge in [0.2, 0.25) is 0 Å². The van der Waals surface area contributed by atoms with Crippen LogP contribution in [0.15, 0.2) is 40.6 Å². The number of benzene rings is 1. The van der Waals surface area contributed by atoms with Crippen molar-refractivity contribution >= 4 is 27.1 Å². The van der Waals surface area contributed by atoms with Crippen LogP contribution in [-0.4, -0.2) is 39.3 Å². The van der Waals surface area contributed by atoms with Crippen molar-refractivity contribution in [3.8, 4) is 10.4 Å². The molecule has 0 spiro atoms. The summed E-state index contributed by atoms with van der Waals surface area (Å²) in [4.78, 5) is 13.2. The lowest BCUT2D eigenvalue weighted by molar-refractivity contribution is 0.0930. The Kier molecular flexibility index (Phi) is 5.03. The highest BCUT2D eigenvalue weighted by molar-refractivity contribution is 7.93. The van der Waals surface area contributed by atoms with Crippen LogP contribution in [0.5, 0.6) is 0 Å². The van der Waals surface area contributed by atoms with Crippen LogP contribution in [0, 0.1) is 0 Å². The fourth-order valence-electron chi connectivity index (χ4n) is 2.52. The molecule has 0 bridgehead atoms. The summed E-state index contributed by atoms with van der Waals surface area (Å²) in [6.45, 7) is 2.86. The standard InChI is InChI=1S/C17H19NO4S2/c1-2-24(20,21)16-7-6-15(23-16)12-4-3-5-13(10-12)17(19)18-14-8-9-22-11-14/h3-7,10,14H,2,8-9,11H2,1H3,(H,18,19). The van der Waals surface area contributed by atoms with Crippen molar-refractivity contribution in [2.24, 2.45) is 0 Å². The van der Waals surface area contributed by atoms with Crippen molar-refractivity contribution in [2.75, 3.05) is 19.0 Å². The maximum Gasteiger partial charge on any atom is 0.251 e. The summed E-state index contributed by atoms with van der Waals surface area (Å²) in [6.07, 6.45) is 0.828. The van der Waals surface area contributed by atoms with Crippen molar-refractivity contribution < 1.29 is 17.9 Å². The molecule has 1 fully saturated rings. The molecule has 0 radical (unpaired) electrons. The van der Waals surface area contributed by atoms with Gasteiger partial charge >= 0.3 is 0 Å². The van der Waals surface area contributed by atoms with Crippen LogP contribution in [0.2, 0.25) is 0 Å². The third kappa shape index (κ3) is 3.68. The number of hydrogen-bond donors (Lipinski definition) is 1. The van der Waals surface area contributed by atoms with E-state index in [0.29, 0.717) is 23.0 Å². The van der Waals surface area contributed by atoms with E-state index in [9.17, 15) is 13.2 Å². The number of amides is 1. The van der Waals surface area contributed by atoms with E-state index in [1.54, 1.807) is 31.2 Å². The summed E-state index contributed by atoms with van der Waals surface area (Å²) in [5.74, 6) is -0.0518. The van der Waals surface area contributed by atoms with Gasteiger partial charge in [-0.2, -0.15) is 0 Å². The zero-order chi connectivity index (χ0) is 17.2. The van der Waals surface area contributed by atoms with Crippen LogP contribution >= 0.6 is 11.3 Å². The minimum absolute atomic E-state index is 0.0594. The zero-order valence-corrected chi connectivity index (χ0v) is 15.0. The quantitative estimate of drug-likeness (QED) is 0.884. The fourth-order valence-corrected chi connectivity index (χ4v) is 4.94. The third-order valence-electron chi connectivity index (χ3n) is 3.94. The summed E-state index contributed by atoms with van der Waals surface area (Å²) in [6, 6.07) is 10.7. The Bertz CT molecular complexity index is 836. The minimum Gasteiger partial charge on any atom is -0.379 e. The first-order valence-corrected chi connectivity index (χ1v) is 10.3. The predicted molar refractivity (Wildman–Crippen MR) is 94.2 cm³/mol. The lowest BCUT2D eigenvalue weighted by Gasteiger charge is -2.11. The Morgan fingerprint density at radius 2 is 2.17 bits per heavy atom. The minimum atomic E-state index is -3.20. The van der Waals surface area contributed by atoms with Gasteiger partial charge in [0.1, 0.15) is 4.21 Å². The normalized spacial score (nSPS) is 17.8. The summed E-state index contributed by atoms with van der Waals surface area (Å²) in [5.41, 5.74) is 1.40. The molecule has 1 amide bonds. The lowest BCUT2D eigenvalue weighted by Crippen LogP contribution is -2.34. The maximum atomic E-state index is 12.3. The molecule has 1 aromatic heterocycles. The van der Waals surface area contributed by atoms with E-state index in [2.05, 4.69) is 5.32 Å². The average molecular weight is 365 g/mol. The number of rotatable bonds is 5. The Balaban J connectivity index is 1.81. The molecule has 1 unspecified atom stereocenters. The highest BCUT2D eigenvalue weighted by atomic mass is 32.2. The molecular weight excluding hydrogens is 346 g/mol. The largest absolute Gasteiger partial charge is 0.379 e. The number of ether oxygens (including phenoxy) is 1. The number of carbonyl (C=O) groups is 1.